The van der Waals surface area contributed by atoms with Gasteiger partial charge < -0.3 is 10.6 Å². The Balaban J connectivity index is 1.88. The average Bonchev–Trinajstić information content (AvgIpc) is 3.27. The number of hydrogen-bond donors (Lipinski definition) is 2. The maximum Gasteiger partial charge on any atom is 0.252 e. The third-order valence-electron chi connectivity index (χ3n) is 5.09. The van der Waals surface area contributed by atoms with Crippen LogP contribution in [0.2, 0.25) is 0 Å². The van der Waals surface area contributed by atoms with Crippen molar-refractivity contribution in [2.45, 2.75) is 39.2 Å². The number of anilines is 1. The van der Waals surface area contributed by atoms with Gasteiger partial charge in [0.1, 0.15) is 5.82 Å². The molecule has 1 heterocycles. The summed E-state index contributed by atoms with van der Waals surface area (Å²) < 4.78 is 13.9. The van der Waals surface area contributed by atoms with Crippen molar-refractivity contribution in [2.75, 3.05) is 5.32 Å². The minimum Gasteiger partial charge on any atom is -0.340 e. The largest absolute Gasteiger partial charge is 0.340 e. The maximum atomic E-state index is 13.9. The summed E-state index contributed by atoms with van der Waals surface area (Å²) in [5.74, 6) is -0.854. The van der Waals surface area contributed by atoms with Crippen LogP contribution in [0.15, 0.2) is 60.0 Å². The molecule has 0 radical (unpaired) electrons. The number of thiophene rings is 1. The first-order valence-electron chi connectivity index (χ1n) is 9.90. The fraction of sp³-hybridized carbons (Fsp3) is 0.250. The first-order chi connectivity index (χ1) is 14.4. The van der Waals surface area contributed by atoms with Gasteiger partial charge in [0.25, 0.3) is 5.91 Å². The lowest BCUT2D eigenvalue weighted by molar-refractivity contribution is -0.114. The van der Waals surface area contributed by atoms with Gasteiger partial charge in [-0.3, -0.25) is 9.59 Å². The normalized spacial score (nSPS) is 12.8. The Morgan fingerprint density at radius 2 is 1.77 bits per heavy atom. The monoisotopic (exact) mass is 424 g/mol. The van der Waals surface area contributed by atoms with Crippen LogP contribution in [0.5, 0.6) is 0 Å². The van der Waals surface area contributed by atoms with E-state index in [0.717, 1.165) is 16.9 Å². The minimum absolute atomic E-state index is 0.0132. The lowest BCUT2D eigenvalue weighted by Crippen LogP contribution is -2.29. The summed E-state index contributed by atoms with van der Waals surface area (Å²) >= 11 is 1.56. The molecule has 0 saturated carbocycles. The van der Waals surface area contributed by atoms with Crippen molar-refractivity contribution in [3.8, 4) is 0 Å². The topological polar surface area (TPSA) is 58.2 Å². The van der Waals surface area contributed by atoms with Crippen LogP contribution >= 0.6 is 11.3 Å². The molecular weight excluding hydrogens is 399 g/mol. The highest BCUT2D eigenvalue weighted by atomic mass is 32.1. The van der Waals surface area contributed by atoms with Crippen LogP contribution in [0.3, 0.4) is 0 Å². The highest BCUT2D eigenvalue weighted by Crippen LogP contribution is 2.29. The Hall–Kier alpha value is -2.99. The second kappa shape index (κ2) is 9.67. The predicted molar refractivity (Wildman–Crippen MR) is 119 cm³/mol. The van der Waals surface area contributed by atoms with E-state index in [0.29, 0.717) is 5.92 Å². The summed E-state index contributed by atoms with van der Waals surface area (Å²) in [5.41, 5.74) is 2.50. The van der Waals surface area contributed by atoms with Gasteiger partial charge in [-0.25, -0.2) is 4.39 Å². The van der Waals surface area contributed by atoms with Crippen molar-refractivity contribution in [1.82, 2.24) is 5.32 Å². The van der Waals surface area contributed by atoms with Gasteiger partial charge in [0.15, 0.2) is 0 Å². The van der Waals surface area contributed by atoms with Gasteiger partial charge in [-0.1, -0.05) is 44.2 Å². The van der Waals surface area contributed by atoms with Crippen molar-refractivity contribution in [3.63, 3.8) is 0 Å². The first kappa shape index (κ1) is 21.7. The Morgan fingerprint density at radius 1 is 1.07 bits per heavy atom. The van der Waals surface area contributed by atoms with E-state index in [2.05, 4.69) is 36.6 Å². The van der Waals surface area contributed by atoms with E-state index in [1.807, 2.05) is 29.6 Å². The molecular formula is C24H25FN2O2S. The molecule has 2 aromatic carbocycles. The van der Waals surface area contributed by atoms with Gasteiger partial charge in [-0.2, -0.15) is 0 Å². The van der Waals surface area contributed by atoms with E-state index in [9.17, 15) is 14.0 Å². The van der Waals surface area contributed by atoms with Crippen LogP contribution < -0.4 is 10.6 Å². The van der Waals surface area contributed by atoms with Crippen LogP contribution in [-0.4, -0.2) is 11.8 Å². The Labute approximate surface area is 180 Å². The number of carbonyl (C=O) groups excluding carboxylic acids is 2. The number of hydrogen-bond acceptors (Lipinski definition) is 3. The summed E-state index contributed by atoms with van der Waals surface area (Å²) in [6.07, 6.45) is 1.06. The molecule has 6 heteroatoms. The van der Waals surface area contributed by atoms with E-state index in [-0.39, 0.29) is 23.2 Å². The van der Waals surface area contributed by atoms with Crippen LogP contribution in [0, 0.1) is 5.82 Å². The molecule has 3 rings (SSSR count). The summed E-state index contributed by atoms with van der Waals surface area (Å²) in [5, 5.41) is 7.43. The number of carbonyl (C=O) groups is 2. The molecule has 156 valence electrons. The summed E-state index contributed by atoms with van der Waals surface area (Å²) in [6, 6.07) is 15.8. The average molecular weight is 425 g/mol. The highest BCUT2D eigenvalue weighted by molar-refractivity contribution is 7.10. The van der Waals surface area contributed by atoms with Crippen molar-refractivity contribution in [1.29, 1.82) is 0 Å². The van der Waals surface area contributed by atoms with Gasteiger partial charge in [-0.15, -0.1) is 11.3 Å². The number of amides is 2. The SMILES string of the molecule is CCC(C)c1ccc(C(NC(=O)c2ccc(F)c(NC(C)=O)c2)c2cccs2)cc1. The Bertz CT molecular complexity index is 1020. The fourth-order valence-corrected chi connectivity index (χ4v) is 4.00. The summed E-state index contributed by atoms with van der Waals surface area (Å²) in [4.78, 5) is 25.2. The number of rotatable bonds is 7. The molecule has 0 bridgehead atoms. The molecule has 0 aliphatic heterocycles. The van der Waals surface area contributed by atoms with Crippen molar-refractivity contribution in [2.24, 2.45) is 0 Å². The molecule has 2 amide bonds. The predicted octanol–water partition coefficient (Wildman–Crippen LogP) is 5.88. The lowest BCUT2D eigenvalue weighted by atomic mass is 9.95. The molecule has 0 fully saturated rings. The molecule has 2 N–H and O–H groups in total. The molecule has 0 aliphatic rings. The zero-order valence-electron chi connectivity index (χ0n) is 17.2. The van der Waals surface area contributed by atoms with E-state index < -0.39 is 11.7 Å². The molecule has 1 aromatic heterocycles. The van der Waals surface area contributed by atoms with Gasteiger partial charge in [0.05, 0.1) is 11.7 Å². The van der Waals surface area contributed by atoms with Gasteiger partial charge in [-0.05, 0) is 53.1 Å². The standard InChI is InChI=1S/C24H25FN2O2S/c1-4-15(2)17-7-9-18(10-8-17)23(22-6-5-13-30-22)27-24(29)19-11-12-20(25)21(14-19)26-16(3)28/h5-15,23H,4H2,1-3H3,(H,26,28)(H,27,29). The number of benzene rings is 2. The molecule has 0 spiro atoms. The van der Waals surface area contributed by atoms with Gasteiger partial charge in [0.2, 0.25) is 5.91 Å². The van der Waals surface area contributed by atoms with Crippen LogP contribution in [0.1, 0.15) is 65.5 Å². The van der Waals surface area contributed by atoms with E-state index in [1.165, 1.54) is 30.7 Å². The minimum atomic E-state index is -0.586. The second-order valence-corrected chi connectivity index (χ2v) is 8.25. The number of nitrogens with one attached hydrogen (secondary N) is 2. The van der Waals surface area contributed by atoms with Crippen molar-refractivity contribution < 1.29 is 14.0 Å². The smallest absolute Gasteiger partial charge is 0.252 e. The molecule has 30 heavy (non-hydrogen) atoms. The zero-order chi connectivity index (χ0) is 21.7. The lowest BCUT2D eigenvalue weighted by Gasteiger charge is -2.20. The maximum absolute atomic E-state index is 13.9. The number of halogens is 1. The summed E-state index contributed by atoms with van der Waals surface area (Å²) in [7, 11) is 0. The van der Waals surface area contributed by atoms with Crippen LogP contribution in [0.4, 0.5) is 10.1 Å². The van der Waals surface area contributed by atoms with Crippen molar-refractivity contribution in [3.05, 3.63) is 87.4 Å². The molecule has 2 unspecified atom stereocenters. The Morgan fingerprint density at radius 3 is 2.37 bits per heavy atom. The molecule has 0 aliphatic carbocycles. The van der Waals surface area contributed by atoms with E-state index >= 15 is 0 Å². The summed E-state index contributed by atoms with van der Waals surface area (Å²) in [6.45, 7) is 5.64. The quantitative estimate of drug-likeness (QED) is 0.498. The van der Waals surface area contributed by atoms with Gasteiger partial charge >= 0.3 is 0 Å². The van der Waals surface area contributed by atoms with E-state index in [1.54, 1.807) is 11.3 Å². The molecule has 4 nitrogen and oxygen atoms in total. The highest BCUT2D eigenvalue weighted by Gasteiger charge is 2.20. The third-order valence-corrected chi connectivity index (χ3v) is 6.03. The first-order valence-corrected chi connectivity index (χ1v) is 10.8. The zero-order valence-corrected chi connectivity index (χ0v) is 18.1. The molecule has 2 atom stereocenters. The van der Waals surface area contributed by atoms with Crippen molar-refractivity contribution >= 4 is 28.8 Å². The van der Waals surface area contributed by atoms with E-state index in [4.69, 9.17) is 0 Å². The second-order valence-electron chi connectivity index (χ2n) is 7.27. The molecule has 0 saturated heterocycles. The van der Waals surface area contributed by atoms with Crippen LogP contribution in [0.25, 0.3) is 0 Å². The van der Waals surface area contributed by atoms with Crippen LogP contribution in [-0.2, 0) is 4.79 Å². The van der Waals surface area contributed by atoms with Gasteiger partial charge in [0, 0.05) is 17.4 Å². The third kappa shape index (κ3) is 5.13. The fourth-order valence-electron chi connectivity index (χ4n) is 3.19. The Kier molecular flexibility index (Phi) is 7.00. The molecule has 3 aromatic rings.